The molecule has 6 heteroatoms. The van der Waals surface area contributed by atoms with Crippen LogP contribution in [0.25, 0.3) is 0 Å². The molecule has 5 nitrogen and oxygen atoms in total. The fourth-order valence-electron chi connectivity index (χ4n) is 2.78. The molecule has 2 aromatic rings. The summed E-state index contributed by atoms with van der Waals surface area (Å²) in [6, 6.07) is 7.59. The Kier molecular flexibility index (Phi) is 4.93. The molecule has 0 unspecified atom stereocenters. The number of hydrogen-bond donors (Lipinski definition) is 0. The molecule has 23 heavy (non-hydrogen) atoms. The van der Waals surface area contributed by atoms with Crippen LogP contribution in [0.1, 0.15) is 23.2 Å². The van der Waals surface area contributed by atoms with Crippen LogP contribution >= 0.6 is 11.3 Å². The van der Waals surface area contributed by atoms with Gasteiger partial charge in [0.2, 0.25) is 0 Å². The van der Waals surface area contributed by atoms with E-state index in [0.29, 0.717) is 22.5 Å². The first-order valence-corrected chi connectivity index (χ1v) is 8.64. The lowest BCUT2D eigenvalue weighted by Crippen LogP contribution is -2.44. The molecular weight excluding hydrogens is 310 g/mol. The predicted octanol–water partition coefficient (Wildman–Crippen LogP) is 3.10. The Labute approximate surface area is 140 Å². The fourth-order valence-corrected chi connectivity index (χ4v) is 3.28. The first-order chi connectivity index (χ1) is 11.1. The van der Waals surface area contributed by atoms with Gasteiger partial charge in [-0.05, 0) is 57.2 Å². The third-order valence-corrected chi connectivity index (χ3v) is 4.92. The highest BCUT2D eigenvalue weighted by Crippen LogP contribution is 2.24. The second-order valence-corrected chi connectivity index (χ2v) is 6.73. The van der Waals surface area contributed by atoms with Crippen LogP contribution in [0.4, 0.5) is 0 Å². The van der Waals surface area contributed by atoms with Crippen LogP contribution in [0.2, 0.25) is 0 Å². The Hall–Kier alpha value is -1.92. The van der Waals surface area contributed by atoms with Crippen LogP contribution in [-0.2, 0) is 0 Å². The lowest BCUT2D eigenvalue weighted by molar-refractivity contribution is 0.0659. The maximum atomic E-state index is 12.6. The average molecular weight is 331 g/mol. The summed E-state index contributed by atoms with van der Waals surface area (Å²) in [4.78, 5) is 20.9. The summed E-state index contributed by atoms with van der Waals surface area (Å²) in [6.45, 7) is 2.09. The molecule has 0 spiro atoms. The van der Waals surface area contributed by atoms with E-state index in [4.69, 9.17) is 4.74 Å². The second-order valence-electron chi connectivity index (χ2n) is 5.87. The maximum absolute atomic E-state index is 12.6. The molecule has 122 valence electrons. The molecule has 3 rings (SSSR count). The lowest BCUT2D eigenvalue weighted by Gasteiger charge is -2.35. The third-order valence-electron chi connectivity index (χ3n) is 4.27. The van der Waals surface area contributed by atoms with Crippen molar-refractivity contribution in [2.75, 3.05) is 27.2 Å². The SMILES string of the molecule is CN1CCC(N(C)C(=O)c2ccc(Oc3nccs3)cc2)CC1. The van der Waals surface area contributed by atoms with Gasteiger partial charge in [-0.1, -0.05) is 11.3 Å². The normalized spacial score (nSPS) is 16.3. The molecule has 0 atom stereocenters. The minimum Gasteiger partial charge on any atom is -0.431 e. The van der Waals surface area contributed by atoms with E-state index in [1.807, 2.05) is 41.6 Å². The van der Waals surface area contributed by atoms with Gasteiger partial charge in [0.05, 0.1) is 0 Å². The highest BCUT2D eigenvalue weighted by atomic mass is 32.1. The molecule has 0 saturated carbocycles. The van der Waals surface area contributed by atoms with E-state index in [1.54, 1.807) is 6.20 Å². The van der Waals surface area contributed by atoms with Gasteiger partial charge in [-0.3, -0.25) is 4.79 Å². The molecular formula is C17H21N3O2S. The van der Waals surface area contributed by atoms with Gasteiger partial charge in [-0.2, -0.15) is 0 Å². The Balaban J connectivity index is 1.63. The third kappa shape index (κ3) is 3.89. The number of aromatic nitrogens is 1. The van der Waals surface area contributed by atoms with Crippen LogP contribution in [0, 0.1) is 0 Å². The summed E-state index contributed by atoms with van der Waals surface area (Å²) in [5.74, 6) is 0.763. The molecule has 1 aromatic heterocycles. The van der Waals surface area contributed by atoms with E-state index < -0.39 is 0 Å². The monoisotopic (exact) mass is 331 g/mol. The van der Waals surface area contributed by atoms with Crippen molar-refractivity contribution in [1.29, 1.82) is 0 Å². The number of thiazole rings is 1. The van der Waals surface area contributed by atoms with Gasteiger partial charge in [-0.25, -0.2) is 4.98 Å². The minimum absolute atomic E-state index is 0.0698. The molecule has 1 aliphatic heterocycles. The smallest absolute Gasteiger partial charge is 0.278 e. The van der Waals surface area contributed by atoms with Crippen LogP contribution in [-0.4, -0.2) is 53.9 Å². The average Bonchev–Trinajstić information content (AvgIpc) is 3.08. The summed E-state index contributed by atoms with van der Waals surface area (Å²) in [5, 5.41) is 2.47. The van der Waals surface area contributed by atoms with Gasteiger partial charge in [0.1, 0.15) is 5.75 Å². The van der Waals surface area contributed by atoms with Crippen molar-refractivity contribution in [1.82, 2.24) is 14.8 Å². The molecule has 0 aliphatic carbocycles. The number of carbonyl (C=O) groups is 1. The Morgan fingerprint density at radius 3 is 2.61 bits per heavy atom. The van der Waals surface area contributed by atoms with Crippen molar-refractivity contribution in [3.63, 3.8) is 0 Å². The highest BCUT2D eigenvalue weighted by Gasteiger charge is 2.24. The number of amides is 1. The number of nitrogens with zero attached hydrogens (tertiary/aromatic N) is 3. The first kappa shape index (κ1) is 16.0. The van der Waals surface area contributed by atoms with E-state index in [2.05, 4.69) is 16.9 Å². The zero-order valence-corrected chi connectivity index (χ0v) is 14.3. The van der Waals surface area contributed by atoms with E-state index in [9.17, 15) is 4.79 Å². The molecule has 2 heterocycles. The fraction of sp³-hybridized carbons (Fsp3) is 0.412. The van der Waals surface area contributed by atoms with Crippen molar-refractivity contribution in [2.45, 2.75) is 18.9 Å². The number of likely N-dealkylation sites (tertiary alicyclic amines) is 1. The summed E-state index contributed by atoms with van der Waals surface area (Å²) in [5.41, 5.74) is 0.693. The van der Waals surface area contributed by atoms with Crippen molar-refractivity contribution >= 4 is 17.2 Å². The quantitative estimate of drug-likeness (QED) is 0.864. The van der Waals surface area contributed by atoms with Gasteiger partial charge in [0.25, 0.3) is 11.1 Å². The number of benzene rings is 1. The van der Waals surface area contributed by atoms with E-state index in [0.717, 1.165) is 25.9 Å². The number of piperidine rings is 1. The Bertz CT molecular complexity index is 634. The van der Waals surface area contributed by atoms with Gasteiger partial charge < -0.3 is 14.5 Å². The number of hydrogen-bond acceptors (Lipinski definition) is 5. The standard InChI is InChI=1S/C17H21N3O2S/c1-19-10-7-14(8-11-19)20(2)16(21)13-3-5-15(6-4-13)22-17-18-9-12-23-17/h3-6,9,12,14H,7-8,10-11H2,1-2H3. The topological polar surface area (TPSA) is 45.7 Å². The number of rotatable bonds is 4. The Morgan fingerprint density at radius 1 is 1.30 bits per heavy atom. The molecule has 0 radical (unpaired) electrons. The molecule has 0 N–H and O–H groups in total. The van der Waals surface area contributed by atoms with Gasteiger partial charge in [-0.15, -0.1) is 0 Å². The van der Waals surface area contributed by atoms with Crippen LogP contribution < -0.4 is 4.74 Å². The summed E-state index contributed by atoms with van der Waals surface area (Å²) >= 11 is 1.44. The predicted molar refractivity (Wildman–Crippen MR) is 91.2 cm³/mol. The number of carbonyl (C=O) groups excluding carboxylic acids is 1. The van der Waals surface area contributed by atoms with Gasteiger partial charge in [0, 0.05) is 30.2 Å². The zero-order chi connectivity index (χ0) is 16.2. The van der Waals surface area contributed by atoms with Crippen molar-refractivity contribution < 1.29 is 9.53 Å². The van der Waals surface area contributed by atoms with E-state index in [1.165, 1.54) is 11.3 Å². The van der Waals surface area contributed by atoms with Crippen LogP contribution in [0.3, 0.4) is 0 Å². The second kappa shape index (κ2) is 7.10. The minimum atomic E-state index is 0.0698. The molecule has 1 amide bonds. The Morgan fingerprint density at radius 2 is 2.00 bits per heavy atom. The van der Waals surface area contributed by atoms with Crippen molar-refractivity contribution in [3.05, 3.63) is 41.4 Å². The summed E-state index contributed by atoms with van der Waals surface area (Å²) in [7, 11) is 4.03. The molecule has 1 saturated heterocycles. The van der Waals surface area contributed by atoms with Crippen molar-refractivity contribution in [3.8, 4) is 10.9 Å². The molecule has 0 bridgehead atoms. The van der Waals surface area contributed by atoms with E-state index in [-0.39, 0.29) is 5.91 Å². The molecule has 1 aliphatic rings. The molecule has 1 aromatic carbocycles. The lowest BCUT2D eigenvalue weighted by atomic mass is 10.0. The first-order valence-electron chi connectivity index (χ1n) is 7.76. The summed E-state index contributed by atoms with van der Waals surface area (Å²) in [6.07, 6.45) is 3.77. The van der Waals surface area contributed by atoms with Crippen LogP contribution in [0.5, 0.6) is 10.9 Å². The largest absolute Gasteiger partial charge is 0.431 e. The summed E-state index contributed by atoms with van der Waals surface area (Å²) < 4.78 is 5.62. The molecule has 1 fully saturated rings. The van der Waals surface area contributed by atoms with Gasteiger partial charge in [0.15, 0.2) is 0 Å². The van der Waals surface area contributed by atoms with Crippen molar-refractivity contribution in [2.24, 2.45) is 0 Å². The van der Waals surface area contributed by atoms with E-state index >= 15 is 0 Å². The zero-order valence-electron chi connectivity index (χ0n) is 13.4. The highest BCUT2D eigenvalue weighted by molar-refractivity contribution is 7.11. The number of ether oxygens (including phenoxy) is 1. The maximum Gasteiger partial charge on any atom is 0.278 e. The van der Waals surface area contributed by atoms with Crippen LogP contribution in [0.15, 0.2) is 35.8 Å². The van der Waals surface area contributed by atoms with Gasteiger partial charge >= 0.3 is 0 Å².